The molecule has 4 N–H and O–H groups in total. The summed E-state index contributed by atoms with van der Waals surface area (Å²) in [4.78, 5) is 0. The molecule has 4 fully saturated rings. The van der Waals surface area contributed by atoms with E-state index < -0.39 is 17.8 Å². The molecule has 4 saturated carbocycles. The summed E-state index contributed by atoms with van der Waals surface area (Å²) in [6.45, 7) is 11.1. The van der Waals surface area contributed by atoms with Gasteiger partial charge in [-0.2, -0.15) is 0 Å². The van der Waals surface area contributed by atoms with Crippen LogP contribution in [-0.4, -0.2) is 44.3 Å². The lowest BCUT2D eigenvalue weighted by Crippen LogP contribution is -2.62. The molecule has 0 radical (unpaired) electrons. The number of aliphatic hydroxyl groups excluding tert-OH is 3. The zero-order valence-electron chi connectivity index (χ0n) is 20.6. The Hall–Kier alpha value is -0.160. The molecule has 4 rings (SSSR count). The second-order valence-electron chi connectivity index (χ2n) is 13.2. The van der Waals surface area contributed by atoms with Gasteiger partial charge in [-0.15, -0.1) is 0 Å². The summed E-state index contributed by atoms with van der Waals surface area (Å²) in [7, 11) is 0. The summed E-state index contributed by atoms with van der Waals surface area (Å²) in [5.41, 5.74) is -0.233. The number of hydrogen-bond acceptors (Lipinski definition) is 4. The molecule has 1 unspecified atom stereocenters. The third-order valence-corrected chi connectivity index (χ3v) is 11.0. The highest BCUT2D eigenvalue weighted by molar-refractivity contribution is 5.13. The Kier molecular flexibility index (Phi) is 6.38. The Labute approximate surface area is 189 Å². The first kappa shape index (κ1) is 24.0. The van der Waals surface area contributed by atoms with Gasteiger partial charge < -0.3 is 20.4 Å². The van der Waals surface area contributed by atoms with Gasteiger partial charge in [0, 0.05) is 0 Å². The first-order valence-electron chi connectivity index (χ1n) is 13.1. The van der Waals surface area contributed by atoms with Crippen LogP contribution in [-0.2, 0) is 0 Å². The SMILES string of the molecule is C[C@H](CCCC(C)(C)O)[C@H]1CC[C@H]2[C@@H]3C(O)C[C@H]4[C@@H](O)[C@@H](O)CC[C@]4(C)[C@H]3CC[C@]12C. The minimum atomic E-state index is -0.685. The van der Waals surface area contributed by atoms with Gasteiger partial charge in [0.1, 0.15) is 0 Å². The van der Waals surface area contributed by atoms with Gasteiger partial charge in [-0.3, -0.25) is 0 Å². The van der Waals surface area contributed by atoms with Crippen LogP contribution in [0.1, 0.15) is 98.8 Å². The zero-order chi connectivity index (χ0) is 22.8. The summed E-state index contributed by atoms with van der Waals surface area (Å²) in [5, 5.41) is 42.5. The van der Waals surface area contributed by atoms with E-state index in [0.717, 1.165) is 25.7 Å². The van der Waals surface area contributed by atoms with Crippen LogP contribution < -0.4 is 0 Å². The van der Waals surface area contributed by atoms with Gasteiger partial charge in [0.15, 0.2) is 0 Å². The quantitative estimate of drug-likeness (QED) is 0.511. The molecule has 0 aromatic carbocycles. The molecule has 11 atom stereocenters. The van der Waals surface area contributed by atoms with E-state index >= 15 is 0 Å². The average molecular weight is 437 g/mol. The maximum absolute atomic E-state index is 11.4. The molecule has 4 nitrogen and oxygen atoms in total. The number of aliphatic hydroxyl groups is 4. The molecule has 4 aliphatic carbocycles. The second-order valence-corrected chi connectivity index (χ2v) is 13.2. The van der Waals surface area contributed by atoms with E-state index in [1.165, 1.54) is 25.7 Å². The Bertz CT molecular complexity index is 644. The van der Waals surface area contributed by atoms with E-state index in [0.29, 0.717) is 47.8 Å². The molecular weight excluding hydrogens is 388 g/mol. The van der Waals surface area contributed by atoms with Crippen LogP contribution in [0, 0.1) is 46.3 Å². The molecule has 31 heavy (non-hydrogen) atoms. The van der Waals surface area contributed by atoms with Crippen molar-refractivity contribution in [1.82, 2.24) is 0 Å². The van der Waals surface area contributed by atoms with E-state index in [2.05, 4.69) is 20.8 Å². The maximum Gasteiger partial charge on any atom is 0.0833 e. The molecule has 0 saturated heterocycles. The zero-order valence-corrected chi connectivity index (χ0v) is 20.6. The minimum absolute atomic E-state index is 0.0230. The van der Waals surface area contributed by atoms with Crippen molar-refractivity contribution >= 4 is 0 Å². The van der Waals surface area contributed by atoms with Crippen molar-refractivity contribution in [3.8, 4) is 0 Å². The lowest BCUT2D eigenvalue weighted by atomic mass is 9.43. The predicted molar refractivity (Wildman–Crippen MR) is 123 cm³/mol. The van der Waals surface area contributed by atoms with Crippen molar-refractivity contribution in [2.75, 3.05) is 0 Å². The van der Waals surface area contributed by atoms with Crippen LogP contribution in [0.2, 0.25) is 0 Å². The average Bonchev–Trinajstić information content (AvgIpc) is 3.03. The second kappa shape index (κ2) is 8.25. The third-order valence-electron chi connectivity index (χ3n) is 11.0. The lowest BCUT2D eigenvalue weighted by Gasteiger charge is -2.63. The monoisotopic (exact) mass is 436 g/mol. The Morgan fingerprint density at radius 3 is 2.19 bits per heavy atom. The highest BCUT2D eigenvalue weighted by Crippen LogP contribution is 2.68. The van der Waals surface area contributed by atoms with Crippen molar-refractivity contribution in [1.29, 1.82) is 0 Å². The molecule has 0 amide bonds. The van der Waals surface area contributed by atoms with Gasteiger partial charge in [-0.25, -0.2) is 0 Å². The minimum Gasteiger partial charge on any atom is -0.393 e. The highest BCUT2D eigenvalue weighted by Gasteiger charge is 2.64. The molecular formula is C27H48O4. The molecule has 180 valence electrons. The summed E-state index contributed by atoms with van der Waals surface area (Å²) >= 11 is 0. The van der Waals surface area contributed by atoms with E-state index in [4.69, 9.17) is 0 Å². The predicted octanol–water partition coefficient (Wildman–Crippen LogP) is 4.53. The Balaban J connectivity index is 1.51. The molecule has 0 spiro atoms. The van der Waals surface area contributed by atoms with Crippen LogP contribution in [0.5, 0.6) is 0 Å². The van der Waals surface area contributed by atoms with Crippen LogP contribution in [0.3, 0.4) is 0 Å². The number of hydrogen-bond donors (Lipinski definition) is 4. The van der Waals surface area contributed by atoms with Gasteiger partial charge in [0.25, 0.3) is 0 Å². The fourth-order valence-corrected chi connectivity index (χ4v) is 9.29. The van der Waals surface area contributed by atoms with Gasteiger partial charge in [0.05, 0.1) is 23.9 Å². The highest BCUT2D eigenvalue weighted by atomic mass is 16.3. The standard InChI is InChI=1S/C27H48O4/c1-16(7-6-12-25(2,3)31)17-8-9-18-23-19(10-13-26(17,18)4)27(5)14-11-21(28)24(30)20(27)15-22(23)29/h16-24,28-31H,6-15H2,1-5H3/t16-,17-,18+,19+,20+,21+,22?,23+,24-,26-,27-/m1/s1. The summed E-state index contributed by atoms with van der Waals surface area (Å²) < 4.78 is 0. The van der Waals surface area contributed by atoms with Crippen molar-refractivity contribution in [2.45, 2.75) is 123 Å². The summed E-state index contributed by atoms with van der Waals surface area (Å²) in [6.07, 6.45) is 8.64. The molecule has 4 heteroatoms. The molecule has 0 aliphatic heterocycles. The van der Waals surface area contributed by atoms with Crippen molar-refractivity contribution in [3.05, 3.63) is 0 Å². The van der Waals surface area contributed by atoms with Crippen molar-refractivity contribution in [3.63, 3.8) is 0 Å². The first-order chi connectivity index (χ1) is 14.4. The number of fused-ring (bicyclic) bond motifs is 5. The largest absolute Gasteiger partial charge is 0.393 e. The van der Waals surface area contributed by atoms with Crippen molar-refractivity contribution < 1.29 is 20.4 Å². The smallest absolute Gasteiger partial charge is 0.0833 e. The van der Waals surface area contributed by atoms with Crippen LogP contribution in [0.4, 0.5) is 0 Å². The van der Waals surface area contributed by atoms with Crippen LogP contribution in [0.15, 0.2) is 0 Å². The van der Waals surface area contributed by atoms with Gasteiger partial charge in [-0.1, -0.05) is 33.6 Å². The summed E-state index contributed by atoms with van der Waals surface area (Å²) in [5.74, 6) is 2.77. The fraction of sp³-hybridized carbons (Fsp3) is 1.00. The molecule has 0 aromatic rings. The molecule has 0 aromatic heterocycles. The van der Waals surface area contributed by atoms with Crippen LogP contribution in [0.25, 0.3) is 0 Å². The van der Waals surface area contributed by atoms with Gasteiger partial charge >= 0.3 is 0 Å². The van der Waals surface area contributed by atoms with E-state index in [-0.39, 0.29) is 17.4 Å². The third kappa shape index (κ3) is 4.02. The molecule has 4 aliphatic rings. The molecule has 0 heterocycles. The van der Waals surface area contributed by atoms with Crippen molar-refractivity contribution in [2.24, 2.45) is 46.3 Å². The Morgan fingerprint density at radius 1 is 0.871 bits per heavy atom. The van der Waals surface area contributed by atoms with E-state index in [9.17, 15) is 20.4 Å². The fourth-order valence-electron chi connectivity index (χ4n) is 9.29. The van der Waals surface area contributed by atoms with Crippen LogP contribution >= 0.6 is 0 Å². The topological polar surface area (TPSA) is 80.9 Å². The number of rotatable bonds is 5. The summed E-state index contributed by atoms with van der Waals surface area (Å²) in [6, 6.07) is 0. The lowest BCUT2D eigenvalue weighted by molar-refractivity contribution is -0.206. The van der Waals surface area contributed by atoms with Gasteiger partial charge in [-0.05, 0) is 112 Å². The Morgan fingerprint density at radius 2 is 1.52 bits per heavy atom. The first-order valence-corrected chi connectivity index (χ1v) is 13.1. The van der Waals surface area contributed by atoms with E-state index in [1.54, 1.807) is 0 Å². The molecule has 0 bridgehead atoms. The van der Waals surface area contributed by atoms with Gasteiger partial charge in [0.2, 0.25) is 0 Å². The van der Waals surface area contributed by atoms with E-state index in [1.807, 2.05) is 13.8 Å². The maximum atomic E-state index is 11.4. The normalized spacial score (nSPS) is 51.0.